The van der Waals surface area contributed by atoms with Crippen LogP contribution in [0.5, 0.6) is 5.75 Å². The molecule has 4 nitrogen and oxygen atoms in total. The molecule has 0 amide bonds. The molecule has 2 heterocycles. The van der Waals surface area contributed by atoms with E-state index in [0.717, 1.165) is 33.5 Å². The number of halogens is 1. The minimum absolute atomic E-state index is 0.816. The summed E-state index contributed by atoms with van der Waals surface area (Å²) in [5, 5.41) is 8.06. The van der Waals surface area contributed by atoms with Crippen LogP contribution >= 0.6 is 15.9 Å². The van der Waals surface area contributed by atoms with Crippen molar-refractivity contribution in [1.82, 2.24) is 10.2 Å². The summed E-state index contributed by atoms with van der Waals surface area (Å²) in [7, 11) is 1.68. The van der Waals surface area contributed by atoms with Crippen LogP contribution in [-0.4, -0.2) is 23.9 Å². The number of aromatic amines is 1. The number of methoxy groups -OCH3 is 1. The first-order chi connectivity index (χ1) is 8.79. The number of nitrogens with one attached hydrogen (secondary N) is 1. The molecule has 18 heavy (non-hydrogen) atoms. The van der Waals surface area contributed by atoms with Crippen molar-refractivity contribution in [2.24, 2.45) is 0 Å². The highest BCUT2D eigenvalue weighted by Crippen LogP contribution is 2.36. The van der Waals surface area contributed by atoms with Crippen molar-refractivity contribution in [2.75, 3.05) is 18.6 Å². The summed E-state index contributed by atoms with van der Waals surface area (Å²) < 4.78 is 6.48. The van der Waals surface area contributed by atoms with Gasteiger partial charge in [-0.1, -0.05) is 12.2 Å². The second kappa shape index (κ2) is 4.49. The minimum atomic E-state index is 0.816. The summed E-state index contributed by atoms with van der Waals surface area (Å²) in [4.78, 5) is 2.14. The van der Waals surface area contributed by atoms with Gasteiger partial charge in [-0.3, -0.25) is 5.10 Å². The number of anilines is 1. The lowest BCUT2D eigenvalue weighted by Crippen LogP contribution is -2.21. The zero-order valence-electron chi connectivity index (χ0n) is 9.85. The summed E-state index contributed by atoms with van der Waals surface area (Å²) in [6.45, 7) is 0.816. The molecule has 2 aromatic rings. The maximum absolute atomic E-state index is 5.46. The third kappa shape index (κ3) is 1.80. The maximum atomic E-state index is 5.46. The summed E-state index contributed by atoms with van der Waals surface area (Å²) in [5.41, 5.74) is 2.00. The Hall–Kier alpha value is -1.75. The molecular weight excluding hydrogens is 294 g/mol. The van der Waals surface area contributed by atoms with Gasteiger partial charge in [0, 0.05) is 18.0 Å². The predicted molar refractivity (Wildman–Crippen MR) is 76.1 cm³/mol. The van der Waals surface area contributed by atoms with E-state index in [1.54, 1.807) is 7.11 Å². The number of H-pyrrole nitrogens is 1. The predicted octanol–water partition coefficient (Wildman–Crippen LogP) is 3.18. The maximum Gasteiger partial charge on any atom is 0.144 e. The van der Waals surface area contributed by atoms with Crippen molar-refractivity contribution >= 4 is 32.5 Å². The number of nitrogens with zero attached hydrogens (tertiary/aromatic N) is 2. The Labute approximate surface area is 113 Å². The Balaban J connectivity index is 2.14. The fourth-order valence-electron chi connectivity index (χ4n) is 2.04. The fourth-order valence-corrected chi connectivity index (χ4v) is 2.53. The van der Waals surface area contributed by atoms with Gasteiger partial charge in [-0.05, 0) is 28.1 Å². The number of aromatic nitrogens is 2. The number of fused-ring (bicyclic) bond motifs is 1. The number of ether oxygens (including phenoxy) is 1. The third-order valence-electron chi connectivity index (χ3n) is 2.95. The number of rotatable bonds is 2. The van der Waals surface area contributed by atoms with Gasteiger partial charge in [0.15, 0.2) is 0 Å². The van der Waals surface area contributed by atoms with Gasteiger partial charge in [-0.15, -0.1) is 0 Å². The molecule has 0 bridgehead atoms. The van der Waals surface area contributed by atoms with Gasteiger partial charge in [0.1, 0.15) is 5.75 Å². The Kier molecular flexibility index (Phi) is 2.83. The molecule has 0 aliphatic carbocycles. The first kappa shape index (κ1) is 11.3. The highest BCUT2D eigenvalue weighted by atomic mass is 79.9. The van der Waals surface area contributed by atoms with E-state index in [-0.39, 0.29) is 0 Å². The van der Waals surface area contributed by atoms with E-state index in [4.69, 9.17) is 4.74 Å². The van der Waals surface area contributed by atoms with Crippen molar-refractivity contribution in [3.05, 3.63) is 41.2 Å². The Bertz CT molecular complexity index is 645. The van der Waals surface area contributed by atoms with Crippen molar-refractivity contribution in [3.63, 3.8) is 0 Å². The normalized spacial score (nSPS) is 15.0. The molecule has 0 atom stereocenters. The standard InChI is InChI=1S/C13H12BrN3O/c1-18-12-7-10-9(8-15-16-10)6-11(12)17-5-3-2-4-13(17)14/h2-4,6-8H,5H2,1H3,(H,15,16). The zero-order chi connectivity index (χ0) is 12.5. The monoisotopic (exact) mass is 305 g/mol. The summed E-state index contributed by atoms with van der Waals surface area (Å²) >= 11 is 3.57. The number of hydrogen-bond acceptors (Lipinski definition) is 3. The Morgan fingerprint density at radius 3 is 3.11 bits per heavy atom. The minimum Gasteiger partial charge on any atom is -0.494 e. The molecule has 0 spiro atoms. The van der Waals surface area contributed by atoms with E-state index in [9.17, 15) is 0 Å². The first-order valence-electron chi connectivity index (χ1n) is 5.60. The van der Waals surface area contributed by atoms with Gasteiger partial charge < -0.3 is 9.64 Å². The van der Waals surface area contributed by atoms with Gasteiger partial charge in [0.05, 0.1) is 29.1 Å². The average molecular weight is 306 g/mol. The average Bonchev–Trinajstić information content (AvgIpc) is 2.85. The van der Waals surface area contributed by atoms with Crippen molar-refractivity contribution in [1.29, 1.82) is 0 Å². The molecule has 0 saturated heterocycles. The quantitative estimate of drug-likeness (QED) is 0.866. The van der Waals surface area contributed by atoms with Crippen molar-refractivity contribution < 1.29 is 4.74 Å². The van der Waals surface area contributed by atoms with E-state index >= 15 is 0 Å². The highest BCUT2D eigenvalue weighted by Gasteiger charge is 2.16. The molecule has 0 unspecified atom stereocenters. The highest BCUT2D eigenvalue weighted by molar-refractivity contribution is 9.11. The van der Waals surface area contributed by atoms with Crippen LogP contribution in [-0.2, 0) is 0 Å². The molecule has 1 aromatic carbocycles. The number of allylic oxidation sites excluding steroid dienone is 2. The lowest BCUT2D eigenvalue weighted by Gasteiger charge is -2.26. The molecule has 92 valence electrons. The molecule has 0 saturated carbocycles. The van der Waals surface area contributed by atoms with Crippen LogP contribution in [0, 0.1) is 0 Å². The van der Waals surface area contributed by atoms with Crippen LogP contribution in [0.2, 0.25) is 0 Å². The van der Waals surface area contributed by atoms with Gasteiger partial charge in [0.25, 0.3) is 0 Å². The fraction of sp³-hybridized carbons (Fsp3) is 0.154. The van der Waals surface area contributed by atoms with Gasteiger partial charge in [-0.2, -0.15) is 5.10 Å². The molecule has 5 heteroatoms. The molecule has 0 fully saturated rings. The van der Waals surface area contributed by atoms with Gasteiger partial charge in [-0.25, -0.2) is 0 Å². The van der Waals surface area contributed by atoms with E-state index < -0.39 is 0 Å². The molecule has 0 radical (unpaired) electrons. The number of benzene rings is 1. The van der Waals surface area contributed by atoms with E-state index in [2.05, 4.69) is 43.2 Å². The lowest BCUT2D eigenvalue weighted by molar-refractivity contribution is 0.416. The summed E-state index contributed by atoms with van der Waals surface area (Å²) in [5.74, 6) is 0.826. The second-order valence-corrected chi connectivity index (χ2v) is 4.82. The topological polar surface area (TPSA) is 41.1 Å². The summed E-state index contributed by atoms with van der Waals surface area (Å²) in [6, 6.07) is 4.04. The molecule has 1 aliphatic heterocycles. The molecule has 1 aliphatic rings. The van der Waals surface area contributed by atoms with E-state index in [1.807, 2.05) is 24.4 Å². The SMILES string of the molecule is COc1cc2[nH]ncc2cc1N1CC=CC=C1Br. The third-order valence-corrected chi connectivity index (χ3v) is 3.64. The molecule has 1 aromatic heterocycles. The van der Waals surface area contributed by atoms with E-state index in [1.165, 1.54) is 0 Å². The zero-order valence-corrected chi connectivity index (χ0v) is 11.4. The Morgan fingerprint density at radius 2 is 2.33 bits per heavy atom. The van der Waals surface area contributed by atoms with Crippen LogP contribution in [0.4, 0.5) is 5.69 Å². The van der Waals surface area contributed by atoms with Crippen molar-refractivity contribution in [2.45, 2.75) is 0 Å². The molecule has 3 rings (SSSR count). The largest absolute Gasteiger partial charge is 0.494 e. The van der Waals surface area contributed by atoms with Crippen LogP contribution in [0.15, 0.2) is 41.2 Å². The van der Waals surface area contributed by atoms with E-state index in [0.29, 0.717) is 0 Å². The van der Waals surface area contributed by atoms with Crippen LogP contribution in [0.1, 0.15) is 0 Å². The molecular formula is C13H12BrN3O. The smallest absolute Gasteiger partial charge is 0.144 e. The number of hydrogen-bond donors (Lipinski definition) is 1. The van der Waals surface area contributed by atoms with Crippen LogP contribution in [0.25, 0.3) is 10.9 Å². The van der Waals surface area contributed by atoms with Gasteiger partial charge >= 0.3 is 0 Å². The summed E-state index contributed by atoms with van der Waals surface area (Å²) in [6.07, 6.45) is 7.96. The van der Waals surface area contributed by atoms with Crippen LogP contribution in [0.3, 0.4) is 0 Å². The lowest BCUT2D eigenvalue weighted by atomic mass is 10.2. The second-order valence-electron chi connectivity index (χ2n) is 4.01. The van der Waals surface area contributed by atoms with Crippen molar-refractivity contribution in [3.8, 4) is 5.75 Å². The molecule has 1 N–H and O–H groups in total. The first-order valence-corrected chi connectivity index (χ1v) is 6.40. The van der Waals surface area contributed by atoms with Crippen LogP contribution < -0.4 is 9.64 Å². The van der Waals surface area contributed by atoms with Gasteiger partial charge in [0.2, 0.25) is 0 Å². The Morgan fingerprint density at radius 1 is 1.44 bits per heavy atom.